The third-order valence-electron chi connectivity index (χ3n) is 4.73. The van der Waals surface area contributed by atoms with E-state index < -0.39 is 6.04 Å². The van der Waals surface area contributed by atoms with Gasteiger partial charge in [-0.15, -0.1) is 11.8 Å². The van der Waals surface area contributed by atoms with Crippen LogP contribution >= 0.6 is 35.0 Å². The summed E-state index contributed by atoms with van der Waals surface area (Å²) < 4.78 is 13.1. The van der Waals surface area contributed by atoms with Gasteiger partial charge in [0.1, 0.15) is 11.9 Å². The zero-order valence-corrected chi connectivity index (χ0v) is 20.0. The van der Waals surface area contributed by atoms with Crippen LogP contribution in [0.25, 0.3) is 0 Å². The van der Waals surface area contributed by atoms with Crippen molar-refractivity contribution >= 4 is 46.8 Å². The van der Waals surface area contributed by atoms with Crippen LogP contribution in [0.4, 0.5) is 4.39 Å². The average Bonchev–Trinajstić information content (AvgIpc) is 2.75. The molecule has 168 valence electrons. The molecule has 31 heavy (non-hydrogen) atoms. The van der Waals surface area contributed by atoms with E-state index in [0.29, 0.717) is 34.3 Å². The minimum atomic E-state index is -0.627. The molecule has 0 bridgehead atoms. The molecule has 0 spiro atoms. The predicted molar refractivity (Wildman–Crippen MR) is 127 cm³/mol. The molecule has 0 heterocycles. The summed E-state index contributed by atoms with van der Waals surface area (Å²) in [4.78, 5) is 27.5. The summed E-state index contributed by atoms with van der Waals surface area (Å²) >= 11 is 14.1. The molecule has 1 unspecified atom stereocenters. The van der Waals surface area contributed by atoms with Gasteiger partial charge in [0.25, 0.3) is 0 Å². The van der Waals surface area contributed by atoms with E-state index in [1.54, 1.807) is 35.2 Å². The van der Waals surface area contributed by atoms with Crippen LogP contribution in [-0.2, 0) is 21.9 Å². The van der Waals surface area contributed by atoms with Gasteiger partial charge in [-0.2, -0.15) is 0 Å². The van der Waals surface area contributed by atoms with Gasteiger partial charge < -0.3 is 10.2 Å². The molecule has 8 heteroatoms. The molecular weight excluding hydrogens is 458 g/mol. The third-order valence-corrected chi connectivity index (χ3v) is 6.43. The van der Waals surface area contributed by atoms with Gasteiger partial charge in [0.15, 0.2) is 0 Å². The highest BCUT2D eigenvalue weighted by Crippen LogP contribution is 2.27. The Hall–Kier alpha value is -1.76. The lowest BCUT2D eigenvalue weighted by molar-refractivity contribution is -0.139. The molecule has 0 saturated carbocycles. The normalized spacial score (nSPS) is 11.8. The van der Waals surface area contributed by atoms with Gasteiger partial charge in [0, 0.05) is 34.5 Å². The van der Waals surface area contributed by atoms with Gasteiger partial charge in [-0.05, 0) is 42.7 Å². The summed E-state index contributed by atoms with van der Waals surface area (Å²) in [6, 6.07) is 10.7. The number of rotatable bonds is 11. The van der Waals surface area contributed by atoms with E-state index in [0.717, 1.165) is 12.0 Å². The van der Waals surface area contributed by atoms with E-state index >= 15 is 0 Å². The maximum absolute atomic E-state index is 13.2. The van der Waals surface area contributed by atoms with Gasteiger partial charge in [0.2, 0.25) is 11.8 Å². The van der Waals surface area contributed by atoms with Gasteiger partial charge in [-0.3, -0.25) is 9.59 Å². The lowest BCUT2D eigenvalue weighted by atomic mass is 10.1. The lowest BCUT2D eigenvalue weighted by Crippen LogP contribution is -2.49. The van der Waals surface area contributed by atoms with Crippen molar-refractivity contribution in [2.45, 2.75) is 45.0 Å². The number of carbonyl (C=O) groups excluding carboxylic acids is 2. The molecule has 0 aromatic heterocycles. The van der Waals surface area contributed by atoms with Crippen LogP contribution in [0.3, 0.4) is 0 Å². The molecule has 0 radical (unpaired) electrons. The van der Waals surface area contributed by atoms with E-state index in [1.165, 1.54) is 23.9 Å². The van der Waals surface area contributed by atoms with Gasteiger partial charge in [-0.25, -0.2) is 4.39 Å². The van der Waals surface area contributed by atoms with Crippen LogP contribution in [0.1, 0.15) is 37.8 Å². The van der Waals surface area contributed by atoms with E-state index in [-0.39, 0.29) is 29.9 Å². The smallest absolute Gasteiger partial charge is 0.242 e. The number of amides is 2. The molecule has 1 N–H and O–H groups in total. The highest BCUT2D eigenvalue weighted by Gasteiger charge is 2.29. The zero-order chi connectivity index (χ0) is 22.8. The Balaban J connectivity index is 2.17. The van der Waals surface area contributed by atoms with Crippen LogP contribution in [0.5, 0.6) is 0 Å². The molecule has 2 rings (SSSR count). The zero-order valence-electron chi connectivity index (χ0n) is 17.7. The molecule has 0 fully saturated rings. The minimum Gasteiger partial charge on any atom is -0.354 e. The van der Waals surface area contributed by atoms with Crippen LogP contribution < -0.4 is 5.32 Å². The second-order valence-electron chi connectivity index (χ2n) is 7.06. The summed E-state index contributed by atoms with van der Waals surface area (Å²) in [5, 5.41) is 3.78. The first-order chi connectivity index (χ1) is 14.9. The number of hydrogen-bond acceptors (Lipinski definition) is 3. The van der Waals surface area contributed by atoms with E-state index in [2.05, 4.69) is 5.32 Å². The summed E-state index contributed by atoms with van der Waals surface area (Å²) in [6.07, 6.45) is 1.27. The van der Waals surface area contributed by atoms with Crippen molar-refractivity contribution in [1.82, 2.24) is 10.2 Å². The molecule has 2 aromatic carbocycles. The first-order valence-corrected chi connectivity index (χ1v) is 12.1. The van der Waals surface area contributed by atoms with Gasteiger partial charge in [0.05, 0.1) is 5.75 Å². The van der Waals surface area contributed by atoms with Gasteiger partial charge >= 0.3 is 0 Å². The van der Waals surface area contributed by atoms with Crippen LogP contribution in [-0.4, -0.2) is 35.1 Å². The predicted octanol–water partition coefficient (Wildman–Crippen LogP) is 5.70. The van der Waals surface area contributed by atoms with Crippen molar-refractivity contribution in [3.8, 4) is 0 Å². The maximum Gasteiger partial charge on any atom is 0.242 e. The summed E-state index contributed by atoms with van der Waals surface area (Å²) in [5.41, 5.74) is 1.54. The number of hydrogen-bond donors (Lipinski definition) is 1. The van der Waals surface area contributed by atoms with E-state index in [4.69, 9.17) is 23.2 Å². The Morgan fingerprint density at radius 1 is 1.10 bits per heavy atom. The number of thioether (sulfide) groups is 1. The highest BCUT2D eigenvalue weighted by molar-refractivity contribution is 7.99. The largest absolute Gasteiger partial charge is 0.354 e. The standard InChI is InChI=1S/C23H27Cl2FN2O2S/c1-3-12-27-23(30)21(4-2)28(13-18-19(24)6-5-7-20(18)25)22(29)15-31-14-16-8-10-17(26)11-9-16/h5-11,21H,3-4,12-15H2,1-2H3,(H,27,30). The van der Waals surface area contributed by atoms with Crippen LogP contribution in [0, 0.1) is 5.82 Å². The average molecular weight is 485 g/mol. The minimum absolute atomic E-state index is 0.145. The quantitative estimate of drug-likeness (QED) is 0.444. The lowest BCUT2D eigenvalue weighted by Gasteiger charge is -2.31. The Morgan fingerprint density at radius 3 is 2.32 bits per heavy atom. The molecule has 2 amide bonds. The first-order valence-electron chi connectivity index (χ1n) is 10.2. The first kappa shape index (κ1) is 25.5. The Labute approximate surface area is 197 Å². The molecule has 2 aromatic rings. The highest BCUT2D eigenvalue weighted by atomic mass is 35.5. The number of halogens is 3. The summed E-state index contributed by atoms with van der Waals surface area (Å²) in [5.74, 6) is 0.0743. The van der Waals surface area contributed by atoms with E-state index in [9.17, 15) is 14.0 Å². The maximum atomic E-state index is 13.2. The molecule has 4 nitrogen and oxygen atoms in total. The molecule has 0 aliphatic heterocycles. The number of nitrogens with one attached hydrogen (secondary N) is 1. The van der Waals surface area contributed by atoms with Crippen molar-refractivity contribution in [2.24, 2.45) is 0 Å². The van der Waals surface area contributed by atoms with Crippen molar-refractivity contribution in [2.75, 3.05) is 12.3 Å². The molecule has 0 saturated heterocycles. The monoisotopic (exact) mass is 484 g/mol. The summed E-state index contributed by atoms with van der Waals surface area (Å²) in [6.45, 7) is 4.53. The van der Waals surface area contributed by atoms with Crippen LogP contribution in [0.15, 0.2) is 42.5 Å². The Bertz CT molecular complexity index is 860. The van der Waals surface area contributed by atoms with Gasteiger partial charge in [-0.1, -0.05) is 55.2 Å². The molecular formula is C23H27Cl2FN2O2S. The van der Waals surface area contributed by atoms with Crippen LogP contribution in [0.2, 0.25) is 10.0 Å². The number of benzene rings is 2. The molecule has 0 aliphatic carbocycles. The van der Waals surface area contributed by atoms with Crippen molar-refractivity contribution in [3.63, 3.8) is 0 Å². The number of carbonyl (C=O) groups is 2. The van der Waals surface area contributed by atoms with Crippen molar-refractivity contribution in [3.05, 3.63) is 69.5 Å². The fraction of sp³-hybridized carbons (Fsp3) is 0.391. The second-order valence-corrected chi connectivity index (χ2v) is 8.86. The molecule has 0 aliphatic rings. The fourth-order valence-corrected chi connectivity index (χ4v) is 4.45. The second kappa shape index (κ2) is 12.9. The van der Waals surface area contributed by atoms with Crippen molar-refractivity contribution in [1.29, 1.82) is 0 Å². The Morgan fingerprint density at radius 2 is 1.74 bits per heavy atom. The fourth-order valence-electron chi connectivity index (χ4n) is 3.06. The van der Waals surface area contributed by atoms with Crippen molar-refractivity contribution < 1.29 is 14.0 Å². The van der Waals surface area contributed by atoms with E-state index in [1.807, 2.05) is 13.8 Å². The third kappa shape index (κ3) is 7.70. The summed E-state index contributed by atoms with van der Waals surface area (Å²) in [7, 11) is 0. The topological polar surface area (TPSA) is 49.4 Å². The molecule has 1 atom stereocenters. The Kier molecular flexibility index (Phi) is 10.6. The number of nitrogens with zero attached hydrogens (tertiary/aromatic N) is 1. The SMILES string of the molecule is CCCNC(=O)C(CC)N(Cc1c(Cl)cccc1Cl)C(=O)CSCc1ccc(F)cc1.